The van der Waals surface area contributed by atoms with Crippen molar-refractivity contribution in [2.75, 3.05) is 18.5 Å². The quantitative estimate of drug-likeness (QED) is 0.794. The van der Waals surface area contributed by atoms with Gasteiger partial charge in [0.2, 0.25) is 0 Å². The molecule has 0 bridgehead atoms. The Morgan fingerprint density at radius 2 is 2.14 bits per heavy atom. The Kier molecular flexibility index (Phi) is 3.89. The van der Waals surface area contributed by atoms with Crippen molar-refractivity contribution in [2.45, 2.75) is 26.3 Å². The van der Waals surface area contributed by atoms with Crippen molar-refractivity contribution in [2.24, 2.45) is 5.73 Å². The Morgan fingerprint density at radius 3 is 2.57 bits per heavy atom. The number of hydrogen-bond donors (Lipinski definition) is 1. The molecule has 0 amide bonds. The van der Waals surface area contributed by atoms with Crippen molar-refractivity contribution in [1.82, 2.24) is 4.98 Å². The van der Waals surface area contributed by atoms with Gasteiger partial charge in [-0.05, 0) is 25.5 Å². The molecule has 1 aromatic rings. The Labute approximate surface area is 85.9 Å². The fourth-order valence-electron chi connectivity index (χ4n) is 1.23. The SMILES string of the molecule is CCC(N)c1ccc(N(C)CC)cn1. The Balaban J connectivity index is 2.78. The van der Waals surface area contributed by atoms with E-state index < -0.39 is 0 Å². The standard InChI is InChI=1S/C11H19N3/c1-4-10(12)11-7-6-9(8-13-11)14(3)5-2/h6-8,10H,4-5,12H2,1-3H3. The van der Waals surface area contributed by atoms with E-state index in [0.717, 1.165) is 24.3 Å². The maximum atomic E-state index is 5.88. The van der Waals surface area contributed by atoms with Crippen LogP contribution in [-0.2, 0) is 0 Å². The van der Waals surface area contributed by atoms with E-state index in [1.165, 1.54) is 0 Å². The molecule has 2 N–H and O–H groups in total. The van der Waals surface area contributed by atoms with Gasteiger partial charge in [-0.1, -0.05) is 6.92 Å². The predicted molar refractivity (Wildman–Crippen MR) is 60.4 cm³/mol. The number of pyridine rings is 1. The Morgan fingerprint density at radius 1 is 1.43 bits per heavy atom. The summed E-state index contributed by atoms with van der Waals surface area (Å²) in [5.74, 6) is 0. The van der Waals surface area contributed by atoms with E-state index in [-0.39, 0.29) is 6.04 Å². The summed E-state index contributed by atoms with van der Waals surface area (Å²) in [6, 6.07) is 4.15. The lowest BCUT2D eigenvalue weighted by Crippen LogP contribution is -2.17. The van der Waals surface area contributed by atoms with Crippen LogP contribution >= 0.6 is 0 Å². The number of nitrogens with zero attached hydrogens (tertiary/aromatic N) is 2. The smallest absolute Gasteiger partial charge is 0.0572 e. The van der Waals surface area contributed by atoms with E-state index in [9.17, 15) is 0 Å². The first-order valence-electron chi connectivity index (χ1n) is 5.11. The highest BCUT2D eigenvalue weighted by molar-refractivity contribution is 5.43. The molecule has 78 valence electrons. The van der Waals surface area contributed by atoms with Crippen LogP contribution in [0.5, 0.6) is 0 Å². The molecule has 3 heteroatoms. The molecule has 0 aliphatic heterocycles. The highest BCUT2D eigenvalue weighted by Gasteiger charge is 2.05. The Hall–Kier alpha value is -1.09. The van der Waals surface area contributed by atoms with Crippen LogP contribution in [0.4, 0.5) is 5.69 Å². The molecule has 0 aliphatic rings. The average Bonchev–Trinajstić information content (AvgIpc) is 2.27. The monoisotopic (exact) mass is 193 g/mol. The molecule has 0 aliphatic carbocycles. The van der Waals surface area contributed by atoms with Crippen molar-refractivity contribution >= 4 is 5.69 Å². The largest absolute Gasteiger partial charge is 0.374 e. The maximum Gasteiger partial charge on any atom is 0.0572 e. The van der Waals surface area contributed by atoms with Crippen LogP contribution in [0.3, 0.4) is 0 Å². The van der Waals surface area contributed by atoms with E-state index >= 15 is 0 Å². The molecule has 1 heterocycles. The van der Waals surface area contributed by atoms with Crippen LogP contribution in [-0.4, -0.2) is 18.6 Å². The molecule has 3 nitrogen and oxygen atoms in total. The van der Waals surface area contributed by atoms with E-state index in [0.29, 0.717) is 0 Å². The lowest BCUT2D eigenvalue weighted by Gasteiger charge is -2.17. The highest BCUT2D eigenvalue weighted by atomic mass is 15.1. The molecule has 14 heavy (non-hydrogen) atoms. The molecule has 1 rings (SSSR count). The van der Waals surface area contributed by atoms with Gasteiger partial charge < -0.3 is 10.6 Å². The van der Waals surface area contributed by atoms with Gasteiger partial charge in [-0.3, -0.25) is 4.98 Å². The summed E-state index contributed by atoms with van der Waals surface area (Å²) in [6.45, 7) is 5.17. The van der Waals surface area contributed by atoms with Gasteiger partial charge in [0.1, 0.15) is 0 Å². The van der Waals surface area contributed by atoms with Crippen molar-refractivity contribution in [3.63, 3.8) is 0 Å². The third-order valence-corrected chi connectivity index (χ3v) is 2.51. The zero-order valence-corrected chi connectivity index (χ0v) is 9.20. The topological polar surface area (TPSA) is 42.1 Å². The summed E-state index contributed by atoms with van der Waals surface area (Å²) in [7, 11) is 2.05. The van der Waals surface area contributed by atoms with Crippen LogP contribution in [0.1, 0.15) is 32.0 Å². The highest BCUT2D eigenvalue weighted by Crippen LogP contribution is 2.15. The second-order valence-electron chi connectivity index (χ2n) is 3.47. The van der Waals surface area contributed by atoms with Gasteiger partial charge in [-0.25, -0.2) is 0 Å². The number of nitrogens with two attached hydrogens (primary N) is 1. The summed E-state index contributed by atoms with van der Waals surface area (Å²) in [5.41, 5.74) is 7.99. The number of rotatable bonds is 4. The van der Waals surface area contributed by atoms with Crippen LogP contribution in [0.25, 0.3) is 0 Å². The van der Waals surface area contributed by atoms with Gasteiger partial charge in [0.05, 0.1) is 17.6 Å². The molecule has 0 fully saturated rings. The third kappa shape index (κ3) is 2.45. The minimum Gasteiger partial charge on any atom is -0.374 e. The molecule has 1 aromatic heterocycles. The van der Waals surface area contributed by atoms with Crippen LogP contribution in [0.15, 0.2) is 18.3 Å². The Bertz CT molecular complexity index is 239. The fourth-order valence-corrected chi connectivity index (χ4v) is 1.23. The van der Waals surface area contributed by atoms with Gasteiger partial charge in [0.15, 0.2) is 0 Å². The van der Waals surface area contributed by atoms with Crippen molar-refractivity contribution < 1.29 is 0 Å². The predicted octanol–water partition coefficient (Wildman–Crippen LogP) is 1.95. The molecule has 0 radical (unpaired) electrons. The van der Waals surface area contributed by atoms with E-state index in [1.807, 2.05) is 12.3 Å². The molecule has 0 spiro atoms. The maximum absolute atomic E-state index is 5.88. The van der Waals surface area contributed by atoms with Crippen LogP contribution in [0.2, 0.25) is 0 Å². The van der Waals surface area contributed by atoms with E-state index in [4.69, 9.17) is 5.73 Å². The summed E-state index contributed by atoms with van der Waals surface area (Å²) in [4.78, 5) is 6.50. The van der Waals surface area contributed by atoms with Gasteiger partial charge >= 0.3 is 0 Å². The van der Waals surface area contributed by atoms with Crippen molar-refractivity contribution in [1.29, 1.82) is 0 Å². The van der Waals surface area contributed by atoms with Gasteiger partial charge in [-0.15, -0.1) is 0 Å². The number of hydrogen-bond acceptors (Lipinski definition) is 3. The second-order valence-corrected chi connectivity index (χ2v) is 3.47. The van der Waals surface area contributed by atoms with Crippen LogP contribution < -0.4 is 10.6 Å². The first-order valence-corrected chi connectivity index (χ1v) is 5.11. The molecular weight excluding hydrogens is 174 g/mol. The number of anilines is 1. The molecule has 0 aromatic carbocycles. The minimum atomic E-state index is 0.0657. The molecule has 1 unspecified atom stereocenters. The normalized spacial score (nSPS) is 12.6. The lowest BCUT2D eigenvalue weighted by atomic mass is 10.1. The average molecular weight is 193 g/mol. The third-order valence-electron chi connectivity index (χ3n) is 2.51. The minimum absolute atomic E-state index is 0.0657. The summed E-state index contributed by atoms with van der Waals surface area (Å²) in [6.07, 6.45) is 2.81. The van der Waals surface area contributed by atoms with Gasteiger partial charge in [-0.2, -0.15) is 0 Å². The summed E-state index contributed by atoms with van der Waals surface area (Å²) in [5, 5.41) is 0. The first kappa shape index (κ1) is 11.0. The number of aromatic nitrogens is 1. The van der Waals surface area contributed by atoms with E-state index in [1.54, 1.807) is 0 Å². The summed E-state index contributed by atoms with van der Waals surface area (Å²) < 4.78 is 0. The first-order chi connectivity index (χ1) is 6.69. The zero-order valence-electron chi connectivity index (χ0n) is 9.20. The molecule has 0 saturated heterocycles. The zero-order chi connectivity index (χ0) is 10.6. The van der Waals surface area contributed by atoms with Gasteiger partial charge in [0, 0.05) is 19.6 Å². The van der Waals surface area contributed by atoms with Gasteiger partial charge in [0.25, 0.3) is 0 Å². The molecule has 1 atom stereocenters. The fraction of sp³-hybridized carbons (Fsp3) is 0.545. The van der Waals surface area contributed by atoms with Crippen molar-refractivity contribution in [3.8, 4) is 0 Å². The molecular formula is C11H19N3. The van der Waals surface area contributed by atoms with Crippen LogP contribution in [0, 0.1) is 0 Å². The molecule has 0 saturated carbocycles. The second kappa shape index (κ2) is 4.96. The van der Waals surface area contributed by atoms with E-state index in [2.05, 4.69) is 36.8 Å². The van der Waals surface area contributed by atoms with Crippen molar-refractivity contribution in [3.05, 3.63) is 24.0 Å². The summed E-state index contributed by atoms with van der Waals surface area (Å²) >= 11 is 0. The lowest BCUT2D eigenvalue weighted by molar-refractivity contribution is 0.675.